The van der Waals surface area contributed by atoms with Gasteiger partial charge in [0.2, 0.25) is 5.91 Å². The molecule has 2 heteroatoms. The van der Waals surface area contributed by atoms with Crippen molar-refractivity contribution in [2.75, 3.05) is 6.54 Å². The third-order valence-corrected chi connectivity index (χ3v) is 3.80. The van der Waals surface area contributed by atoms with Crippen LogP contribution in [0.3, 0.4) is 0 Å². The SMILES string of the molecule is O=C1NCCCC1C1CCCCCC1. The molecular weight excluding hydrogens is 174 g/mol. The third-order valence-electron chi connectivity index (χ3n) is 3.80. The van der Waals surface area contributed by atoms with E-state index in [0.717, 1.165) is 13.0 Å². The Morgan fingerprint density at radius 3 is 2.29 bits per heavy atom. The van der Waals surface area contributed by atoms with Gasteiger partial charge in [-0.15, -0.1) is 0 Å². The van der Waals surface area contributed by atoms with E-state index < -0.39 is 0 Å². The number of hydrogen-bond donors (Lipinski definition) is 1. The summed E-state index contributed by atoms with van der Waals surface area (Å²) in [5.41, 5.74) is 0. The number of nitrogens with one attached hydrogen (secondary N) is 1. The second kappa shape index (κ2) is 4.81. The van der Waals surface area contributed by atoms with Crippen LogP contribution < -0.4 is 5.32 Å². The maximum Gasteiger partial charge on any atom is 0.223 e. The van der Waals surface area contributed by atoms with Crippen molar-refractivity contribution in [2.24, 2.45) is 11.8 Å². The second-order valence-corrected chi connectivity index (χ2v) is 4.79. The van der Waals surface area contributed by atoms with E-state index in [-0.39, 0.29) is 0 Å². The van der Waals surface area contributed by atoms with Crippen molar-refractivity contribution in [1.82, 2.24) is 5.32 Å². The summed E-state index contributed by atoms with van der Waals surface area (Å²) in [6, 6.07) is 0. The first-order valence-corrected chi connectivity index (χ1v) is 6.15. The molecule has 2 fully saturated rings. The number of carbonyl (C=O) groups excluding carboxylic acids is 1. The summed E-state index contributed by atoms with van der Waals surface area (Å²) in [6.45, 7) is 0.905. The predicted molar refractivity (Wildman–Crippen MR) is 56.9 cm³/mol. The molecule has 1 heterocycles. The molecule has 1 amide bonds. The Kier molecular flexibility index (Phi) is 3.44. The molecule has 1 N–H and O–H groups in total. The van der Waals surface area contributed by atoms with E-state index >= 15 is 0 Å². The highest BCUT2D eigenvalue weighted by atomic mass is 16.1. The Hall–Kier alpha value is -0.530. The first kappa shape index (κ1) is 10.0. The van der Waals surface area contributed by atoms with Gasteiger partial charge in [0.1, 0.15) is 0 Å². The van der Waals surface area contributed by atoms with Gasteiger partial charge in [-0.05, 0) is 31.6 Å². The summed E-state index contributed by atoms with van der Waals surface area (Å²) in [4.78, 5) is 11.7. The zero-order chi connectivity index (χ0) is 9.80. The molecule has 0 aromatic rings. The number of amides is 1. The van der Waals surface area contributed by atoms with Crippen molar-refractivity contribution in [3.05, 3.63) is 0 Å². The molecule has 1 aliphatic carbocycles. The summed E-state index contributed by atoms with van der Waals surface area (Å²) in [5.74, 6) is 1.38. The molecule has 0 spiro atoms. The molecule has 0 aromatic carbocycles. The van der Waals surface area contributed by atoms with E-state index in [2.05, 4.69) is 5.32 Å². The fourth-order valence-electron chi connectivity index (χ4n) is 2.96. The maximum absolute atomic E-state index is 11.7. The van der Waals surface area contributed by atoms with E-state index in [0.29, 0.717) is 17.7 Å². The minimum atomic E-state index is 0.336. The van der Waals surface area contributed by atoms with Crippen LogP contribution in [0, 0.1) is 11.8 Å². The molecule has 1 saturated heterocycles. The van der Waals surface area contributed by atoms with Crippen LogP contribution in [0.5, 0.6) is 0 Å². The lowest BCUT2D eigenvalue weighted by atomic mass is 9.81. The van der Waals surface area contributed by atoms with Gasteiger partial charge in [-0.3, -0.25) is 4.79 Å². The molecule has 0 bridgehead atoms. The number of piperidine rings is 1. The highest BCUT2D eigenvalue weighted by molar-refractivity contribution is 5.79. The van der Waals surface area contributed by atoms with Crippen LogP contribution in [0.4, 0.5) is 0 Å². The van der Waals surface area contributed by atoms with Gasteiger partial charge in [-0.25, -0.2) is 0 Å². The summed E-state index contributed by atoms with van der Waals surface area (Å²) in [7, 11) is 0. The average molecular weight is 195 g/mol. The number of rotatable bonds is 1. The van der Waals surface area contributed by atoms with Gasteiger partial charge in [-0.2, -0.15) is 0 Å². The molecule has 2 nitrogen and oxygen atoms in total. The van der Waals surface area contributed by atoms with Crippen molar-refractivity contribution < 1.29 is 4.79 Å². The number of carbonyl (C=O) groups is 1. The molecule has 2 aliphatic rings. The monoisotopic (exact) mass is 195 g/mol. The van der Waals surface area contributed by atoms with Gasteiger partial charge in [0.15, 0.2) is 0 Å². The maximum atomic E-state index is 11.7. The lowest BCUT2D eigenvalue weighted by Gasteiger charge is -2.28. The molecule has 2 rings (SSSR count). The fraction of sp³-hybridized carbons (Fsp3) is 0.917. The summed E-state index contributed by atoms with van der Waals surface area (Å²) in [6.07, 6.45) is 10.3. The highest BCUT2D eigenvalue weighted by Gasteiger charge is 2.30. The molecule has 14 heavy (non-hydrogen) atoms. The normalized spacial score (nSPS) is 30.9. The Bertz CT molecular complexity index is 194. The van der Waals surface area contributed by atoms with Crippen molar-refractivity contribution in [1.29, 1.82) is 0 Å². The minimum absolute atomic E-state index is 0.336. The van der Waals surface area contributed by atoms with E-state index in [1.165, 1.54) is 44.9 Å². The van der Waals surface area contributed by atoms with Crippen molar-refractivity contribution in [3.8, 4) is 0 Å². The molecule has 1 aliphatic heterocycles. The smallest absolute Gasteiger partial charge is 0.223 e. The van der Waals surface area contributed by atoms with Crippen molar-refractivity contribution in [2.45, 2.75) is 51.4 Å². The van der Waals surface area contributed by atoms with Gasteiger partial charge in [-0.1, -0.05) is 25.7 Å². The Morgan fingerprint density at radius 1 is 0.929 bits per heavy atom. The zero-order valence-electron chi connectivity index (χ0n) is 8.93. The first-order chi connectivity index (χ1) is 6.88. The predicted octanol–water partition coefficient (Wildman–Crippen LogP) is 2.48. The minimum Gasteiger partial charge on any atom is -0.356 e. The molecule has 1 unspecified atom stereocenters. The zero-order valence-corrected chi connectivity index (χ0v) is 8.93. The molecular formula is C12H21NO. The quantitative estimate of drug-likeness (QED) is 0.640. The van der Waals surface area contributed by atoms with Crippen LogP contribution in [0.2, 0.25) is 0 Å². The molecule has 0 aromatic heterocycles. The van der Waals surface area contributed by atoms with E-state index in [4.69, 9.17) is 0 Å². The lowest BCUT2D eigenvalue weighted by Crippen LogP contribution is -2.40. The van der Waals surface area contributed by atoms with E-state index in [1.807, 2.05) is 0 Å². The van der Waals surface area contributed by atoms with Gasteiger partial charge < -0.3 is 5.32 Å². The van der Waals surface area contributed by atoms with Crippen LogP contribution >= 0.6 is 0 Å². The highest BCUT2D eigenvalue weighted by Crippen LogP contribution is 2.32. The van der Waals surface area contributed by atoms with Gasteiger partial charge in [0, 0.05) is 12.5 Å². The second-order valence-electron chi connectivity index (χ2n) is 4.79. The van der Waals surface area contributed by atoms with Crippen LogP contribution in [0.15, 0.2) is 0 Å². The fourth-order valence-corrected chi connectivity index (χ4v) is 2.96. The third kappa shape index (κ3) is 2.28. The first-order valence-electron chi connectivity index (χ1n) is 6.15. The van der Waals surface area contributed by atoms with Crippen LogP contribution in [-0.4, -0.2) is 12.5 Å². The molecule has 80 valence electrons. The van der Waals surface area contributed by atoms with Gasteiger partial charge >= 0.3 is 0 Å². The van der Waals surface area contributed by atoms with E-state index in [9.17, 15) is 4.79 Å². The topological polar surface area (TPSA) is 29.1 Å². The molecule has 1 atom stereocenters. The molecule has 0 radical (unpaired) electrons. The molecule has 1 saturated carbocycles. The largest absolute Gasteiger partial charge is 0.356 e. The summed E-state index contributed by atoms with van der Waals surface area (Å²) in [5, 5.41) is 3.01. The summed E-state index contributed by atoms with van der Waals surface area (Å²) >= 11 is 0. The number of hydrogen-bond acceptors (Lipinski definition) is 1. The van der Waals surface area contributed by atoms with E-state index in [1.54, 1.807) is 0 Å². The Morgan fingerprint density at radius 2 is 1.64 bits per heavy atom. The van der Waals surface area contributed by atoms with Crippen molar-refractivity contribution in [3.63, 3.8) is 0 Å². The van der Waals surface area contributed by atoms with Gasteiger partial charge in [0.05, 0.1) is 0 Å². The summed E-state index contributed by atoms with van der Waals surface area (Å²) < 4.78 is 0. The Labute approximate surface area is 86.5 Å². The van der Waals surface area contributed by atoms with Crippen LogP contribution in [-0.2, 0) is 4.79 Å². The van der Waals surface area contributed by atoms with Crippen molar-refractivity contribution >= 4 is 5.91 Å². The van der Waals surface area contributed by atoms with Gasteiger partial charge in [0.25, 0.3) is 0 Å². The average Bonchev–Trinajstić information content (AvgIpc) is 2.47. The van der Waals surface area contributed by atoms with Crippen LogP contribution in [0.25, 0.3) is 0 Å². The Balaban J connectivity index is 1.93. The lowest BCUT2D eigenvalue weighted by molar-refractivity contribution is -0.128. The van der Waals surface area contributed by atoms with Crippen LogP contribution in [0.1, 0.15) is 51.4 Å². The standard InChI is InChI=1S/C12H21NO/c14-12-11(8-5-9-13-12)10-6-3-1-2-4-7-10/h10-11H,1-9H2,(H,13,14).